The third-order valence-electron chi connectivity index (χ3n) is 3.12. The number of nitrogens with zero attached hydrogens (tertiary/aromatic N) is 2. The van der Waals surface area contributed by atoms with Gasteiger partial charge in [0.15, 0.2) is 0 Å². The molecule has 0 aliphatic heterocycles. The monoisotopic (exact) mass is 238 g/mol. The molecule has 0 aliphatic carbocycles. The van der Waals surface area contributed by atoms with Crippen LogP contribution in [0.1, 0.15) is 30.3 Å². The highest BCUT2D eigenvalue weighted by molar-refractivity contribution is 5.23. The maximum Gasteiger partial charge on any atom is 0.0626 e. The number of H-pyrrole nitrogens is 1. The number of likely N-dealkylation sites (N-methyl/N-ethyl adjacent to an activating group) is 1. The first-order chi connectivity index (χ1) is 8.15. The van der Waals surface area contributed by atoms with E-state index in [0.717, 1.165) is 38.3 Å². The molecule has 0 saturated heterocycles. The Hall–Kier alpha value is -0.870. The van der Waals surface area contributed by atoms with E-state index in [1.54, 1.807) is 0 Å². The van der Waals surface area contributed by atoms with E-state index in [-0.39, 0.29) is 0 Å². The molecule has 0 spiro atoms. The van der Waals surface area contributed by atoms with Crippen LogP contribution in [-0.4, -0.2) is 48.3 Å². The summed E-state index contributed by atoms with van der Waals surface area (Å²) in [4.78, 5) is 2.37. The van der Waals surface area contributed by atoms with Crippen LogP contribution in [0.25, 0.3) is 0 Å². The summed E-state index contributed by atoms with van der Waals surface area (Å²) in [6.45, 7) is 10.8. The van der Waals surface area contributed by atoms with Crippen LogP contribution in [0.3, 0.4) is 0 Å². The number of hydrogen-bond donors (Lipinski definition) is 2. The molecule has 0 radical (unpaired) electrons. The van der Waals surface area contributed by atoms with Crippen molar-refractivity contribution < 1.29 is 0 Å². The lowest BCUT2D eigenvalue weighted by Crippen LogP contribution is -2.31. The molecule has 17 heavy (non-hydrogen) atoms. The van der Waals surface area contributed by atoms with Gasteiger partial charge in [0.1, 0.15) is 0 Å². The van der Waals surface area contributed by atoms with Gasteiger partial charge in [-0.1, -0.05) is 6.92 Å². The molecule has 0 aromatic carbocycles. The zero-order chi connectivity index (χ0) is 12.7. The van der Waals surface area contributed by atoms with Crippen molar-refractivity contribution in [3.05, 3.63) is 17.0 Å². The quantitative estimate of drug-likeness (QED) is 0.675. The average molecular weight is 238 g/mol. The number of hydrogen-bond acceptors (Lipinski definition) is 3. The Morgan fingerprint density at radius 1 is 1.24 bits per heavy atom. The summed E-state index contributed by atoms with van der Waals surface area (Å²) in [7, 11) is 2.18. The Balaban J connectivity index is 2.21. The molecule has 0 unspecified atom stereocenters. The Bertz CT molecular complexity index is 300. The molecule has 0 amide bonds. The number of aromatic amines is 1. The second-order valence-corrected chi connectivity index (χ2v) is 4.72. The van der Waals surface area contributed by atoms with Crippen molar-refractivity contribution in [3.8, 4) is 0 Å². The minimum absolute atomic E-state index is 1.08. The minimum atomic E-state index is 1.08. The molecule has 0 atom stereocenters. The minimum Gasteiger partial charge on any atom is -0.315 e. The lowest BCUT2D eigenvalue weighted by molar-refractivity contribution is 0.335. The standard InChI is InChI=1S/C13H26N4/c1-5-7-14-8-10-17(4)9-6-13-11(2)15-16-12(13)3/h14H,5-10H2,1-4H3,(H,15,16). The lowest BCUT2D eigenvalue weighted by atomic mass is 10.1. The van der Waals surface area contributed by atoms with Gasteiger partial charge in [-0.15, -0.1) is 0 Å². The van der Waals surface area contributed by atoms with E-state index >= 15 is 0 Å². The second kappa shape index (κ2) is 7.45. The molecule has 1 aromatic heterocycles. The fourth-order valence-electron chi connectivity index (χ4n) is 1.93. The number of aryl methyl sites for hydroxylation is 2. The van der Waals surface area contributed by atoms with Crippen molar-refractivity contribution in [1.82, 2.24) is 20.4 Å². The Morgan fingerprint density at radius 2 is 2.00 bits per heavy atom. The zero-order valence-corrected chi connectivity index (χ0v) is 11.6. The molecule has 98 valence electrons. The van der Waals surface area contributed by atoms with E-state index in [4.69, 9.17) is 0 Å². The highest BCUT2D eigenvalue weighted by Crippen LogP contribution is 2.10. The predicted molar refractivity (Wildman–Crippen MR) is 72.4 cm³/mol. The Kier molecular flexibility index (Phi) is 6.22. The fraction of sp³-hybridized carbons (Fsp3) is 0.769. The molecule has 2 N–H and O–H groups in total. The fourth-order valence-corrected chi connectivity index (χ4v) is 1.93. The van der Waals surface area contributed by atoms with Crippen LogP contribution in [0, 0.1) is 13.8 Å². The number of nitrogens with one attached hydrogen (secondary N) is 2. The molecule has 0 fully saturated rings. The summed E-state index contributed by atoms with van der Waals surface area (Å²) in [5, 5.41) is 10.7. The largest absolute Gasteiger partial charge is 0.315 e. The summed E-state index contributed by atoms with van der Waals surface area (Å²) in [6.07, 6.45) is 2.29. The van der Waals surface area contributed by atoms with E-state index in [2.05, 4.69) is 48.2 Å². The van der Waals surface area contributed by atoms with Gasteiger partial charge in [0, 0.05) is 25.3 Å². The summed E-state index contributed by atoms with van der Waals surface area (Å²) in [5.41, 5.74) is 3.72. The van der Waals surface area contributed by atoms with Gasteiger partial charge in [-0.3, -0.25) is 5.10 Å². The summed E-state index contributed by atoms with van der Waals surface area (Å²) < 4.78 is 0. The predicted octanol–water partition coefficient (Wildman–Crippen LogP) is 1.50. The van der Waals surface area contributed by atoms with Crippen LogP contribution in [0.15, 0.2) is 0 Å². The Labute approximate surface area is 105 Å². The van der Waals surface area contributed by atoms with Gasteiger partial charge in [-0.2, -0.15) is 5.10 Å². The van der Waals surface area contributed by atoms with Gasteiger partial charge in [0.05, 0.1) is 5.69 Å². The van der Waals surface area contributed by atoms with Gasteiger partial charge in [0.25, 0.3) is 0 Å². The van der Waals surface area contributed by atoms with Crippen LogP contribution >= 0.6 is 0 Å². The summed E-state index contributed by atoms with van der Waals surface area (Å²) >= 11 is 0. The smallest absolute Gasteiger partial charge is 0.0626 e. The van der Waals surface area contributed by atoms with Crippen LogP contribution in [0.5, 0.6) is 0 Å². The SMILES string of the molecule is CCCNCCN(C)CCc1c(C)n[nH]c1C. The summed E-state index contributed by atoms with van der Waals surface area (Å²) in [5.74, 6) is 0. The first-order valence-electron chi connectivity index (χ1n) is 6.54. The molecule has 0 aliphatic rings. The van der Waals surface area contributed by atoms with Crippen molar-refractivity contribution in [1.29, 1.82) is 0 Å². The van der Waals surface area contributed by atoms with Crippen LogP contribution in [0.2, 0.25) is 0 Å². The van der Waals surface area contributed by atoms with Gasteiger partial charge in [0.2, 0.25) is 0 Å². The summed E-state index contributed by atoms with van der Waals surface area (Å²) in [6, 6.07) is 0. The highest BCUT2D eigenvalue weighted by Gasteiger charge is 2.07. The first kappa shape index (κ1) is 14.2. The van der Waals surface area contributed by atoms with Crippen LogP contribution < -0.4 is 5.32 Å². The first-order valence-corrected chi connectivity index (χ1v) is 6.54. The molecule has 4 heteroatoms. The molecule has 0 saturated carbocycles. The molecular formula is C13H26N4. The van der Waals surface area contributed by atoms with Crippen molar-refractivity contribution in [2.75, 3.05) is 33.2 Å². The van der Waals surface area contributed by atoms with E-state index in [0.29, 0.717) is 0 Å². The highest BCUT2D eigenvalue weighted by atomic mass is 15.1. The normalized spacial score (nSPS) is 11.4. The molecule has 0 bridgehead atoms. The maximum atomic E-state index is 4.22. The molecular weight excluding hydrogens is 212 g/mol. The molecule has 1 heterocycles. The zero-order valence-electron chi connectivity index (χ0n) is 11.6. The lowest BCUT2D eigenvalue weighted by Gasteiger charge is -2.16. The van der Waals surface area contributed by atoms with Crippen LogP contribution in [0.4, 0.5) is 0 Å². The van der Waals surface area contributed by atoms with Gasteiger partial charge in [-0.25, -0.2) is 0 Å². The third kappa shape index (κ3) is 4.88. The second-order valence-electron chi connectivity index (χ2n) is 4.72. The van der Waals surface area contributed by atoms with E-state index in [1.165, 1.54) is 17.7 Å². The average Bonchev–Trinajstić information content (AvgIpc) is 2.62. The van der Waals surface area contributed by atoms with Crippen LogP contribution in [-0.2, 0) is 6.42 Å². The topological polar surface area (TPSA) is 44.0 Å². The van der Waals surface area contributed by atoms with Gasteiger partial charge in [-0.05, 0) is 45.8 Å². The van der Waals surface area contributed by atoms with Gasteiger partial charge >= 0.3 is 0 Å². The van der Waals surface area contributed by atoms with Crippen molar-refractivity contribution in [2.45, 2.75) is 33.6 Å². The third-order valence-corrected chi connectivity index (χ3v) is 3.12. The maximum absolute atomic E-state index is 4.22. The van der Waals surface area contributed by atoms with E-state index < -0.39 is 0 Å². The van der Waals surface area contributed by atoms with Crippen molar-refractivity contribution in [3.63, 3.8) is 0 Å². The number of rotatable bonds is 8. The van der Waals surface area contributed by atoms with Crippen molar-refractivity contribution in [2.24, 2.45) is 0 Å². The van der Waals surface area contributed by atoms with Gasteiger partial charge < -0.3 is 10.2 Å². The molecule has 4 nitrogen and oxygen atoms in total. The molecule has 1 rings (SSSR count). The number of aromatic nitrogens is 2. The van der Waals surface area contributed by atoms with E-state index in [1.807, 2.05) is 0 Å². The Morgan fingerprint density at radius 3 is 2.59 bits per heavy atom. The molecule has 1 aromatic rings. The van der Waals surface area contributed by atoms with E-state index in [9.17, 15) is 0 Å². The van der Waals surface area contributed by atoms with Crippen molar-refractivity contribution >= 4 is 0 Å².